The van der Waals surface area contributed by atoms with E-state index in [2.05, 4.69) is 10.4 Å². The third-order valence-electron chi connectivity index (χ3n) is 3.06. The topological polar surface area (TPSA) is 82.5 Å². The molecule has 0 bridgehead atoms. The van der Waals surface area contributed by atoms with Gasteiger partial charge in [0, 0.05) is 11.9 Å². The summed E-state index contributed by atoms with van der Waals surface area (Å²) in [5, 5.41) is 6.86. The second-order valence-corrected chi connectivity index (χ2v) is 6.47. The standard InChI is InChI=1S/C18H23N3O4/c1-5-24-16(22)14-10-19-21(12-14)11-13-7-6-8-15(9-13)20-17(23)25-18(2,3)4/h6-10,12H,5,11H2,1-4H3,(H,20,23). The van der Waals surface area contributed by atoms with Crippen LogP contribution >= 0.6 is 0 Å². The molecule has 0 saturated heterocycles. The van der Waals surface area contributed by atoms with Crippen LogP contribution in [0.5, 0.6) is 0 Å². The molecule has 2 aromatic rings. The van der Waals surface area contributed by atoms with Crippen LogP contribution in [0, 0.1) is 0 Å². The van der Waals surface area contributed by atoms with Gasteiger partial charge in [0.25, 0.3) is 0 Å². The van der Waals surface area contributed by atoms with Gasteiger partial charge >= 0.3 is 12.1 Å². The van der Waals surface area contributed by atoms with E-state index in [-0.39, 0.29) is 0 Å². The molecule has 1 heterocycles. The largest absolute Gasteiger partial charge is 0.462 e. The van der Waals surface area contributed by atoms with E-state index in [0.29, 0.717) is 24.4 Å². The normalized spacial score (nSPS) is 11.0. The summed E-state index contributed by atoms with van der Waals surface area (Å²) in [7, 11) is 0. The molecule has 1 N–H and O–H groups in total. The van der Waals surface area contributed by atoms with Gasteiger partial charge in [0.15, 0.2) is 0 Å². The summed E-state index contributed by atoms with van der Waals surface area (Å²) in [4.78, 5) is 23.5. The highest BCUT2D eigenvalue weighted by atomic mass is 16.6. The quantitative estimate of drug-likeness (QED) is 0.839. The third kappa shape index (κ3) is 5.95. The SMILES string of the molecule is CCOC(=O)c1cnn(Cc2cccc(NC(=O)OC(C)(C)C)c2)c1. The fourth-order valence-electron chi connectivity index (χ4n) is 2.13. The van der Waals surface area contributed by atoms with Crippen molar-refractivity contribution in [1.82, 2.24) is 9.78 Å². The van der Waals surface area contributed by atoms with Gasteiger partial charge in [-0.3, -0.25) is 10.00 Å². The van der Waals surface area contributed by atoms with Crippen LogP contribution in [0.1, 0.15) is 43.6 Å². The minimum Gasteiger partial charge on any atom is -0.462 e. The van der Waals surface area contributed by atoms with E-state index in [1.807, 2.05) is 39.0 Å². The predicted octanol–water partition coefficient (Wildman–Crippen LogP) is 3.46. The van der Waals surface area contributed by atoms with Crippen LogP contribution in [-0.2, 0) is 16.0 Å². The van der Waals surface area contributed by atoms with E-state index in [9.17, 15) is 9.59 Å². The van der Waals surface area contributed by atoms with Crippen LogP contribution in [0.15, 0.2) is 36.7 Å². The lowest BCUT2D eigenvalue weighted by Crippen LogP contribution is -2.27. The molecular formula is C18H23N3O4. The zero-order chi connectivity index (χ0) is 18.4. The van der Waals surface area contributed by atoms with E-state index < -0.39 is 17.7 Å². The number of carbonyl (C=O) groups is 2. The minimum absolute atomic E-state index is 0.322. The van der Waals surface area contributed by atoms with Crippen molar-refractivity contribution in [2.45, 2.75) is 39.8 Å². The number of nitrogens with one attached hydrogen (secondary N) is 1. The molecule has 134 valence electrons. The van der Waals surface area contributed by atoms with E-state index in [0.717, 1.165) is 5.56 Å². The first-order chi connectivity index (χ1) is 11.8. The Morgan fingerprint density at radius 3 is 2.72 bits per heavy atom. The molecule has 0 atom stereocenters. The number of nitrogens with zero attached hydrogens (tertiary/aromatic N) is 2. The summed E-state index contributed by atoms with van der Waals surface area (Å²) in [5.74, 6) is -0.394. The minimum atomic E-state index is -0.555. The number of esters is 1. The lowest BCUT2D eigenvalue weighted by atomic mass is 10.2. The zero-order valence-corrected chi connectivity index (χ0v) is 14.9. The van der Waals surface area contributed by atoms with E-state index in [1.54, 1.807) is 23.9 Å². The molecule has 0 saturated carbocycles. The van der Waals surface area contributed by atoms with Gasteiger partial charge < -0.3 is 9.47 Å². The monoisotopic (exact) mass is 345 g/mol. The third-order valence-corrected chi connectivity index (χ3v) is 3.06. The van der Waals surface area contributed by atoms with E-state index in [1.165, 1.54) is 6.20 Å². The van der Waals surface area contributed by atoms with Crippen molar-refractivity contribution in [1.29, 1.82) is 0 Å². The molecule has 1 aromatic carbocycles. The van der Waals surface area contributed by atoms with Crippen molar-refractivity contribution < 1.29 is 19.1 Å². The van der Waals surface area contributed by atoms with Gasteiger partial charge in [-0.25, -0.2) is 9.59 Å². The molecule has 0 unspecified atom stereocenters. The molecule has 0 radical (unpaired) electrons. The number of ether oxygens (including phenoxy) is 2. The number of anilines is 1. The molecular weight excluding hydrogens is 322 g/mol. The molecule has 7 nitrogen and oxygen atoms in total. The highest BCUT2D eigenvalue weighted by molar-refractivity contribution is 5.88. The van der Waals surface area contributed by atoms with E-state index in [4.69, 9.17) is 9.47 Å². The summed E-state index contributed by atoms with van der Waals surface area (Å²) in [5.41, 5.74) is 1.40. The maximum atomic E-state index is 11.8. The number of benzene rings is 1. The summed E-state index contributed by atoms with van der Waals surface area (Å²) < 4.78 is 11.8. The van der Waals surface area contributed by atoms with Gasteiger partial charge in [-0.15, -0.1) is 0 Å². The molecule has 25 heavy (non-hydrogen) atoms. The fraction of sp³-hybridized carbons (Fsp3) is 0.389. The Labute approximate surface area is 146 Å². The van der Waals surface area contributed by atoms with Crippen LogP contribution in [0.4, 0.5) is 10.5 Å². The Morgan fingerprint density at radius 2 is 2.04 bits per heavy atom. The van der Waals surface area contributed by atoms with Gasteiger partial charge in [-0.1, -0.05) is 12.1 Å². The lowest BCUT2D eigenvalue weighted by molar-refractivity contribution is 0.0525. The highest BCUT2D eigenvalue weighted by Gasteiger charge is 2.16. The predicted molar refractivity (Wildman–Crippen MR) is 93.6 cm³/mol. The van der Waals surface area contributed by atoms with E-state index >= 15 is 0 Å². The number of aromatic nitrogens is 2. The summed E-state index contributed by atoms with van der Waals surface area (Å²) in [6, 6.07) is 7.35. The molecule has 0 aliphatic heterocycles. The van der Waals surface area contributed by atoms with Gasteiger partial charge in [0.05, 0.1) is 24.9 Å². The Kier molecular flexibility index (Phi) is 5.80. The number of hydrogen-bond donors (Lipinski definition) is 1. The van der Waals surface area contributed by atoms with Crippen LogP contribution in [0.2, 0.25) is 0 Å². The first-order valence-electron chi connectivity index (χ1n) is 8.05. The van der Waals surface area contributed by atoms with Gasteiger partial charge in [-0.2, -0.15) is 5.10 Å². The summed E-state index contributed by atoms with van der Waals surface area (Å²) >= 11 is 0. The Balaban J connectivity index is 2.02. The van der Waals surface area contributed by atoms with Gasteiger partial charge in [0.1, 0.15) is 5.60 Å². The first-order valence-corrected chi connectivity index (χ1v) is 8.05. The van der Waals surface area contributed by atoms with Crippen molar-refractivity contribution in [2.75, 3.05) is 11.9 Å². The molecule has 0 spiro atoms. The maximum Gasteiger partial charge on any atom is 0.412 e. The Bertz CT molecular complexity index is 747. The highest BCUT2D eigenvalue weighted by Crippen LogP contribution is 2.14. The maximum absolute atomic E-state index is 11.8. The smallest absolute Gasteiger partial charge is 0.412 e. The zero-order valence-electron chi connectivity index (χ0n) is 14.9. The first kappa shape index (κ1) is 18.5. The number of rotatable bonds is 5. The van der Waals surface area contributed by atoms with Crippen molar-refractivity contribution in [3.05, 3.63) is 47.8 Å². The average Bonchev–Trinajstić information content (AvgIpc) is 2.94. The summed E-state index contributed by atoms with van der Waals surface area (Å²) in [6.45, 7) is 7.96. The number of carbonyl (C=O) groups excluding carboxylic acids is 2. The molecule has 0 aliphatic carbocycles. The second kappa shape index (κ2) is 7.83. The molecule has 1 amide bonds. The van der Waals surface area contributed by atoms with Crippen LogP contribution < -0.4 is 5.32 Å². The Hall–Kier alpha value is -2.83. The Morgan fingerprint density at radius 1 is 1.28 bits per heavy atom. The number of amides is 1. The molecule has 7 heteroatoms. The van der Waals surface area contributed by atoms with Crippen molar-refractivity contribution in [3.8, 4) is 0 Å². The van der Waals surface area contributed by atoms with Gasteiger partial charge in [0.2, 0.25) is 0 Å². The fourth-order valence-corrected chi connectivity index (χ4v) is 2.13. The van der Waals surface area contributed by atoms with Crippen molar-refractivity contribution >= 4 is 17.7 Å². The van der Waals surface area contributed by atoms with Crippen LogP contribution in [-0.4, -0.2) is 34.1 Å². The van der Waals surface area contributed by atoms with Gasteiger partial charge in [-0.05, 0) is 45.4 Å². The van der Waals surface area contributed by atoms with Crippen LogP contribution in [0.25, 0.3) is 0 Å². The lowest BCUT2D eigenvalue weighted by Gasteiger charge is -2.19. The van der Waals surface area contributed by atoms with Crippen molar-refractivity contribution in [2.24, 2.45) is 0 Å². The van der Waals surface area contributed by atoms with Crippen LogP contribution in [0.3, 0.4) is 0 Å². The molecule has 2 rings (SSSR count). The molecule has 0 aliphatic rings. The van der Waals surface area contributed by atoms with Crippen molar-refractivity contribution in [3.63, 3.8) is 0 Å². The second-order valence-electron chi connectivity index (χ2n) is 6.47. The number of hydrogen-bond acceptors (Lipinski definition) is 5. The average molecular weight is 345 g/mol. The molecule has 0 fully saturated rings. The summed E-state index contributed by atoms with van der Waals surface area (Å²) in [6.07, 6.45) is 2.60. The molecule has 1 aromatic heterocycles.